The number of nitrogens with one attached hydrogen (secondary N) is 2. The minimum absolute atomic E-state index is 0.00636. The van der Waals surface area contributed by atoms with Crippen molar-refractivity contribution in [3.05, 3.63) is 59.7 Å². The predicted octanol–water partition coefficient (Wildman–Crippen LogP) is 3.05. The van der Waals surface area contributed by atoms with Crippen molar-refractivity contribution in [2.75, 3.05) is 12.4 Å². The van der Waals surface area contributed by atoms with E-state index in [2.05, 4.69) is 5.32 Å². The van der Waals surface area contributed by atoms with Crippen LogP contribution in [-0.4, -0.2) is 25.1 Å². The van der Waals surface area contributed by atoms with Crippen molar-refractivity contribution in [1.82, 2.24) is 5.32 Å². The molecule has 0 unspecified atom stereocenters. The van der Waals surface area contributed by atoms with Crippen LogP contribution in [0.15, 0.2) is 48.5 Å². The van der Waals surface area contributed by atoms with E-state index in [1.54, 1.807) is 35.6 Å². The first-order chi connectivity index (χ1) is 12.3. The Kier molecular flexibility index (Phi) is 6.21. The molecule has 0 saturated carbocycles. The highest BCUT2D eigenvalue weighted by atomic mass is 19.4. The molecule has 2 N–H and O–H groups in total. The average Bonchev–Trinajstić information content (AvgIpc) is 2.59. The maximum atomic E-state index is 12.3. The van der Waals surface area contributed by atoms with Crippen LogP contribution in [0.5, 0.6) is 5.75 Å². The number of ether oxygens (including phenoxy) is 1. The molecular weight excluding hydrogens is 349 g/mol. The third kappa shape index (κ3) is 5.80. The third-order valence-corrected chi connectivity index (χ3v) is 3.43. The van der Waals surface area contributed by atoms with Crippen LogP contribution in [0, 0.1) is 0 Å². The van der Waals surface area contributed by atoms with Gasteiger partial charge in [-0.2, -0.15) is 13.2 Å². The van der Waals surface area contributed by atoms with Gasteiger partial charge in [0, 0.05) is 12.2 Å². The largest absolute Gasteiger partial charge is 0.497 e. The number of alkyl halides is 3. The molecule has 0 radical (unpaired) electrons. The fourth-order valence-electron chi connectivity index (χ4n) is 2.19. The first-order valence-electron chi connectivity index (χ1n) is 7.64. The molecule has 2 rings (SSSR count). The Morgan fingerprint density at radius 2 is 1.73 bits per heavy atom. The van der Waals surface area contributed by atoms with Crippen LogP contribution in [0.3, 0.4) is 0 Å². The molecule has 0 aliphatic carbocycles. The molecule has 2 aromatic rings. The van der Waals surface area contributed by atoms with Crippen molar-refractivity contribution in [1.29, 1.82) is 0 Å². The van der Waals surface area contributed by atoms with Gasteiger partial charge in [0.1, 0.15) is 5.75 Å². The SMILES string of the molecule is COc1cccc(CC(=O)NCc2cccc(NC(=O)C(F)(F)F)c2)c1. The third-order valence-electron chi connectivity index (χ3n) is 3.43. The van der Waals surface area contributed by atoms with Gasteiger partial charge in [0.05, 0.1) is 13.5 Å². The summed E-state index contributed by atoms with van der Waals surface area (Å²) in [6.07, 6.45) is -4.82. The molecule has 0 fully saturated rings. The maximum absolute atomic E-state index is 12.3. The zero-order valence-electron chi connectivity index (χ0n) is 13.9. The van der Waals surface area contributed by atoms with E-state index in [9.17, 15) is 22.8 Å². The van der Waals surface area contributed by atoms with Crippen molar-refractivity contribution >= 4 is 17.5 Å². The van der Waals surface area contributed by atoms with Gasteiger partial charge in [-0.15, -0.1) is 0 Å². The summed E-state index contributed by atoms with van der Waals surface area (Å²) in [5.74, 6) is -1.65. The van der Waals surface area contributed by atoms with E-state index >= 15 is 0 Å². The smallest absolute Gasteiger partial charge is 0.471 e. The molecule has 0 heterocycles. The lowest BCUT2D eigenvalue weighted by Gasteiger charge is -2.10. The monoisotopic (exact) mass is 366 g/mol. The molecule has 0 aliphatic heterocycles. The molecule has 0 atom stereocenters. The highest BCUT2D eigenvalue weighted by molar-refractivity contribution is 5.94. The topological polar surface area (TPSA) is 67.4 Å². The molecule has 2 aromatic carbocycles. The van der Waals surface area contributed by atoms with Gasteiger partial charge in [-0.1, -0.05) is 24.3 Å². The first kappa shape index (κ1) is 19.3. The molecule has 5 nitrogen and oxygen atoms in total. The number of hydrogen-bond acceptors (Lipinski definition) is 3. The van der Waals surface area contributed by atoms with Gasteiger partial charge in [-0.25, -0.2) is 0 Å². The number of carbonyl (C=O) groups is 2. The Balaban J connectivity index is 1.91. The summed E-state index contributed by atoms with van der Waals surface area (Å²) in [6, 6.07) is 12.9. The van der Waals surface area contributed by atoms with Gasteiger partial charge in [-0.05, 0) is 35.4 Å². The molecule has 0 aliphatic rings. The van der Waals surface area contributed by atoms with E-state index in [0.717, 1.165) is 5.56 Å². The summed E-state index contributed by atoms with van der Waals surface area (Å²) in [5.41, 5.74) is 1.34. The molecule has 0 saturated heterocycles. The molecule has 0 spiro atoms. The summed E-state index contributed by atoms with van der Waals surface area (Å²) < 4.78 is 41.9. The number of halogens is 3. The molecule has 138 valence electrons. The van der Waals surface area contributed by atoms with Gasteiger partial charge in [0.2, 0.25) is 5.91 Å². The van der Waals surface area contributed by atoms with Crippen LogP contribution < -0.4 is 15.4 Å². The van der Waals surface area contributed by atoms with Crippen LogP contribution in [0.25, 0.3) is 0 Å². The van der Waals surface area contributed by atoms with Gasteiger partial charge >= 0.3 is 12.1 Å². The van der Waals surface area contributed by atoms with E-state index < -0.39 is 12.1 Å². The predicted molar refractivity (Wildman–Crippen MR) is 89.7 cm³/mol. The molecule has 2 amide bonds. The minimum Gasteiger partial charge on any atom is -0.497 e. The van der Waals surface area contributed by atoms with E-state index in [1.807, 2.05) is 0 Å². The van der Waals surface area contributed by atoms with Crippen LogP contribution in [0.1, 0.15) is 11.1 Å². The lowest BCUT2D eigenvalue weighted by Crippen LogP contribution is -2.30. The Hall–Kier alpha value is -3.03. The van der Waals surface area contributed by atoms with Gasteiger partial charge in [-0.3, -0.25) is 9.59 Å². The molecule has 8 heteroatoms. The van der Waals surface area contributed by atoms with E-state index in [-0.39, 0.29) is 24.6 Å². The fraction of sp³-hybridized carbons (Fsp3) is 0.222. The van der Waals surface area contributed by atoms with Crippen LogP contribution >= 0.6 is 0 Å². The quantitative estimate of drug-likeness (QED) is 0.826. The second-order valence-corrected chi connectivity index (χ2v) is 5.46. The normalized spacial score (nSPS) is 10.9. The van der Waals surface area contributed by atoms with Crippen molar-refractivity contribution in [3.8, 4) is 5.75 Å². The number of rotatable bonds is 6. The Morgan fingerprint density at radius 3 is 2.42 bits per heavy atom. The second kappa shape index (κ2) is 8.37. The lowest BCUT2D eigenvalue weighted by atomic mass is 10.1. The van der Waals surface area contributed by atoms with Gasteiger partial charge in [0.25, 0.3) is 0 Å². The summed E-state index contributed by atoms with van der Waals surface area (Å²) in [5, 5.41) is 4.45. The first-order valence-corrected chi connectivity index (χ1v) is 7.64. The number of methoxy groups -OCH3 is 1. The maximum Gasteiger partial charge on any atom is 0.471 e. The van der Waals surface area contributed by atoms with Crippen LogP contribution in [0.4, 0.5) is 18.9 Å². The lowest BCUT2D eigenvalue weighted by molar-refractivity contribution is -0.167. The molecule has 26 heavy (non-hydrogen) atoms. The molecule has 0 aromatic heterocycles. The molecule has 0 bridgehead atoms. The summed E-state index contributed by atoms with van der Waals surface area (Å²) in [6.45, 7) is 0.124. The summed E-state index contributed by atoms with van der Waals surface area (Å²) >= 11 is 0. The van der Waals surface area contributed by atoms with Gasteiger partial charge < -0.3 is 15.4 Å². The summed E-state index contributed by atoms with van der Waals surface area (Å²) in [4.78, 5) is 23.0. The number of hydrogen-bond donors (Lipinski definition) is 2. The zero-order valence-corrected chi connectivity index (χ0v) is 13.9. The van der Waals surface area contributed by atoms with E-state index in [1.165, 1.54) is 25.3 Å². The second-order valence-electron chi connectivity index (χ2n) is 5.46. The minimum atomic E-state index is -4.96. The standard InChI is InChI=1S/C18H17F3N2O3/c1-26-15-7-3-4-12(9-15)10-16(24)22-11-13-5-2-6-14(8-13)23-17(25)18(19,20)21/h2-9H,10-11H2,1H3,(H,22,24)(H,23,25). The van der Waals surface area contributed by atoms with E-state index in [0.29, 0.717) is 11.3 Å². The fourth-order valence-corrected chi connectivity index (χ4v) is 2.19. The Bertz CT molecular complexity index is 791. The number of anilines is 1. The highest BCUT2D eigenvalue weighted by Crippen LogP contribution is 2.19. The van der Waals surface area contributed by atoms with Crippen molar-refractivity contribution in [3.63, 3.8) is 0 Å². The van der Waals surface area contributed by atoms with Crippen molar-refractivity contribution in [2.24, 2.45) is 0 Å². The number of amides is 2. The highest BCUT2D eigenvalue weighted by Gasteiger charge is 2.38. The van der Waals surface area contributed by atoms with E-state index in [4.69, 9.17) is 4.74 Å². The van der Waals surface area contributed by atoms with Crippen LogP contribution in [0.2, 0.25) is 0 Å². The zero-order chi connectivity index (χ0) is 19.2. The number of carbonyl (C=O) groups excluding carboxylic acids is 2. The van der Waals surface area contributed by atoms with Crippen molar-refractivity contribution < 1.29 is 27.5 Å². The Labute approximate surface area is 148 Å². The summed E-state index contributed by atoms with van der Waals surface area (Å²) in [7, 11) is 1.53. The average molecular weight is 366 g/mol. The van der Waals surface area contributed by atoms with Gasteiger partial charge in [0.15, 0.2) is 0 Å². The number of benzene rings is 2. The van der Waals surface area contributed by atoms with Crippen molar-refractivity contribution in [2.45, 2.75) is 19.1 Å². The van der Waals surface area contributed by atoms with Crippen LogP contribution in [-0.2, 0) is 22.6 Å². The Morgan fingerprint density at radius 1 is 1.04 bits per heavy atom. The molecular formula is C18H17F3N2O3.